The van der Waals surface area contributed by atoms with Crippen molar-refractivity contribution in [3.63, 3.8) is 0 Å². The summed E-state index contributed by atoms with van der Waals surface area (Å²) in [5, 5.41) is 4.02. The Kier molecular flexibility index (Phi) is 4.76. The largest absolute Gasteiger partial charge is 0.398 e. The first-order chi connectivity index (χ1) is 9.90. The third-order valence-corrected chi connectivity index (χ3v) is 3.97. The van der Waals surface area contributed by atoms with Crippen LogP contribution < -0.4 is 16.8 Å². The lowest BCUT2D eigenvalue weighted by Crippen LogP contribution is -2.18. The summed E-state index contributed by atoms with van der Waals surface area (Å²) in [6.45, 7) is 6.19. The van der Waals surface area contributed by atoms with Gasteiger partial charge >= 0.3 is 0 Å². The maximum Gasteiger partial charge on any atom is 0.0643 e. The molecule has 2 rings (SSSR count). The predicted octanol–water partition coefficient (Wildman–Crippen LogP) is 4.63. The highest BCUT2D eigenvalue weighted by atomic mass is 35.5. The second kappa shape index (κ2) is 6.37. The van der Waals surface area contributed by atoms with Crippen LogP contribution in [0.5, 0.6) is 0 Å². The lowest BCUT2D eigenvalue weighted by atomic mass is 9.95. The van der Waals surface area contributed by atoms with Crippen molar-refractivity contribution in [3.8, 4) is 0 Å². The molecule has 0 saturated carbocycles. The van der Waals surface area contributed by atoms with E-state index in [0.29, 0.717) is 16.6 Å². The van der Waals surface area contributed by atoms with Gasteiger partial charge in [-0.2, -0.15) is 0 Å². The topological polar surface area (TPSA) is 64.1 Å². The number of benzene rings is 2. The van der Waals surface area contributed by atoms with Gasteiger partial charge in [-0.1, -0.05) is 43.6 Å². The molecule has 0 aliphatic heterocycles. The van der Waals surface area contributed by atoms with Gasteiger partial charge in [0.05, 0.1) is 10.7 Å². The van der Waals surface area contributed by atoms with Crippen LogP contribution in [0.3, 0.4) is 0 Å². The molecule has 0 heterocycles. The smallest absolute Gasteiger partial charge is 0.0643 e. The van der Waals surface area contributed by atoms with E-state index >= 15 is 0 Å². The molecule has 0 fully saturated rings. The summed E-state index contributed by atoms with van der Waals surface area (Å²) in [7, 11) is 0. The van der Waals surface area contributed by atoms with E-state index in [4.69, 9.17) is 23.1 Å². The van der Waals surface area contributed by atoms with Crippen molar-refractivity contribution >= 4 is 28.7 Å². The molecule has 1 atom stereocenters. The fourth-order valence-electron chi connectivity index (χ4n) is 2.25. The van der Waals surface area contributed by atoms with Crippen LogP contribution in [-0.2, 0) is 0 Å². The number of hydrogen-bond donors (Lipinski definition) is 3. The van der Waals surface area contributed by atoms with Gasteiger partial charge in [-0.25, -0.2) is 0 Å². The van der Waals surface area contributed by atoms with Crippen LogP contribution in [0.2, 0.25) is 5.02 Å². The first kappa shape index (κ1) is 15.7. The van der Waals surface area contributed by atoms with Crippen molar-refractivity contribution in [2.75, 3.05) is 11.1 Å². The molecule has 0 radical (unpaired) electrons. The highest BCUT2D eigenvalue weighted by Crippen LogP contribution is 2.32. The first-order valence-electron chi connectivity index (χ1n) is 7.07. The average molecular weight is 304 g/mol. The van der Waals surface area contributed by atoms with Crippen LogP contribution >= 0.6 is 11.6 Å². The van der Waals surface area contributed by atoms with Gasteiger partial charge in [0.15, 0.2) is 0 Å². The zero-order valence-electron chi connectivity index (χ0n) is 12.7. The standard InChI is InChI=1S/C17H22ClN3/c1-10(2)16(20)13-8-7-12(9-15(13)19)21-17-11(3)5-4-6-14(17)18/h4-10,16,21H,19-20H2,1-3H3. The van der Waals surface area contributed by atoms with E-state index < -0.39 is 0 Å². The number of anilines is 3. The molecule has 2 aromatic rings. The Morgan fingerprint density at radius 1 is 1.14 bits per heavy atom. The number of nitrogen functional groups attached to an aromatic ring is 1. The van der Waals surface area contributed by atoms with Gasteiger partial charge in [0.1, 0.15) is 0 Å². The normalized spacial score (nSPS) is 12.5. The molecular formula is C17H22ClN3. The summed E-state index contributed by atoms with van der Waals surface area (Å²) in [4.78, 5) is 0. The van der Waals surface area contributed by atoms with Crippen LogP contribution in [0.4, 0.5) is 17.1 Å². The molecule has 4 heteroatoms. The second-order valence-corrected chi connectivity index (χ2v) is 6.08. The molecule has 0 saturated heterocycles. The third-order valence-electron chi connectivity index (χ3n) is 3.66. The molecule has 1 unspecified atom stereocenters. The van der Waals surface area contributed by atoms with Crippen LogP contribution in [0.25, 0.3) is 0 Å². The molecule has 0 aromatic heterocycles. The minimum Gasteiger partial charge on any atom is -0.398 e. The number of nitrogens with two attached hydrogens (primary N) is 2. The Hall–Kier alpha value is -1.71. The van der Waals surface area contributed by atoms with Crippen LogP contribution in [0.15, 0.2) is 36.4 Å². The van der Waals surface area contributed by atoms with E-state index in [1.54, 1.807) is 0 Å². The number of halogens is 1. The van der Waals surface area contributed by atoms with Crippen molar-refractivity contribution in [3.05, 3.63) is 52.5 Å². The molecule has 0 aliphatic rings. The molecule has 0 amide bonds. The third kappa shape index (κ3) is 3.49. The number of rotatable bonds is 4. The molecule has 5 N–H and O–H groups in total. The van der Waals surface area contributed by atoms with Crippen molar-refractivity contribution in [2.24, 2.45) is 11.7 Å². The van der Waals surface area contributed by atoms with E-state index in [1.165, 1.54) is 0 Å². The van der Waals surface area contributed by atoms with Crippen LogP contribution in [0, 0.1) is 12.8 Å². The minimum absolute atomic E-state index is 0.0545. The zero-order chi connectivity index (χ0) is 15.6. The Bertz CT molecular complexity index is 618. The van der Waals surface area contributed by atoms with Gasteiger partial charge in [-0.05, 0) is 42.2 Å². The Balaban J connectivity index is 2.29. The fourth-order valence-corrected chi connectivity index (χ4v) is 2.52. The summed E-state index contributed by atoms with van der Waals surface area (Å²) in [6.07, 6.45) is 0. The second-order valence-electron chi connectivity index (χ2n) is 5.67. The van der Waals surface area contributed by atoms with Crippen molar-refractivity contribution in [1.29, 1.82) is 0 Å². The lowest BCUT2D eigenvalue weighted by molar-refractivity contribution is 0.515. The number of hydrogen-bond acceptors (Lipinski definition) is 3. The zero-order valence-corrected chi connectivity index (χ0v) is 13.4. The number of aryl methyl sites for hydroxylation is 1. The maximum absolute atomic E-state index is 6.23. The summed E-state index contributed by atoms with van der Waals surface area (Å²) in [5.41, 5.74) is 16.9. The molecule has 3 nitrogen and oxygen atoms in total. The summed E-state index contributed by atoms with van der Waals surface area (Å²) >= 11 is 6.23. The molecule has 112 valence electrons. The van der Waals surface area contributed by atoms with Crippen molar-refractivity contribution < 1.29 is 0 Å². The van der Waals surface area contributed by atoms with Gasteiger partial charge in [-0.3, -0.25) is 0 Å². The first-order valence-corrected chi connectivity index (χ1v) is 7.45. The molecular weight excluding hydrogens is 282 g/mol. The number of nitrogens with one attached hydrogen (secondary N) is 1. The van der Waals surface area contributed by atoms with Gasteiger partial charge < -0.3 is 16.8 Å². The maximum atomic E-state index is 6.23. The Morgan fingerprint density at radius 2 is 1.86 bits per heavy atom. The lowest BCUT2D eigenvalue weighted by Gasteiger charge is -2.19. The van der Waals surface area contributed by atoms with E-state index in [1.807, 2.05) is 43.3 Å². The minimum atomic E-state index is -0.0545. The van der Waals surface area contributed by atoms with Gasteiger partial charge in [0.2, 0.25) is 0 Å². The molecule has 2 aromatic carbocycles. The monoisotopic (exact) mass is 303 g/mol. The SMILES string of the molecule is Cc1cccc(Cl)c1Nc1ccc(C(N)C(C)C)c(N)c1. The summed E-state index contributed by atoms with van der Waals surface area (Å²) < 4.78 is 0. The van der Waals surface area contributed by atoms with Crippen LogP contribution in [0.1, 0.15) is 31.0 Å². The Labute approximate surface area is 131 Å². The van der Waals surface area contributed by atoms with E-state index in [2.05, 4.69) is 19.2 Å². The molecule has 0 spiro atoms. The van der Waals surface area contributed by atoms with E-state index in [9.17, 15) is 0 Å². The van der Waals surface area contributed by atoms with Crippen LogP contribution in [-0.4, -0.2) is 0 Å². The van der Waals surface area contributed by atoms with Gasteiger partial charge in [0, 0.05) is 17.4 Å². The molecule has 21 heavy (non-hydrogen) atoms. The predicted molar refractivity (Wildman–Crippen MR) is 92.1 cm³/mol. The summed E-state index contributed by atoms with van der Waals surface area (Å²) in [5.74, 6) is 0.344. The van der Waals surface area contributed by atoms with E-state index in [-0.39, 0.29) is 6.04 Å². The number of para-hydroxylation sites is 1. The quantitative estimate of drug-likeness (QED) is 0.722. The fraction of sp³-hybridized carbons (Fsp3) is 0.294. The molecule has 0 bridgehead atoms. The van der Waals surface area contributed by atoms with Crippen molar-refractivity contribution in [1.82, 2.24) is 0 Å². The molecule has 0 aliphatic carbocycles. The van der Waals surface area contributed by atoms with Crippen molar-refractivity contribution in [2.45, 2.75) is 26.8 Å². The van der Waals surface area contributed by atoms with Gasteiger partial charge in [-0.15, -0.1) is 0 Å². The van der Waals surface area contributed by atoms with E-state index in [0.717, 1.165) is 22.5 Å². The summed E-state index contributed by atoms with van der Waals surface area (Å²) in [6, 6.07) is 11.6. The van der Waals surface area contributed by atoms with Gasteiger partial charge in [0.25, 0.3) is 0 Å². The average Bonchev–Trinajstić information content (AvgIpc) is 2.42. The highest BCUT2D eigenvalue weighted by Gasteiger charge is 2.14. The highest BCUT2D eigenvalue weighted by molar-refractivity contribution is 6.33. The Morgan fingerprint density at radius 3 is 2.43 bits per heavy atom.